The van der Waals surface area contributed by atoms with Gasteiger partial charge in [0, 0.05) is 19.0 Å². The molecule has 0 aromatic heterocycles. The monoisotopic (exact) mass is 241 g/mol. The van der Waals surface area contributed by atoms with Gasteiger partial charge in [-0.1, -0.05) is 46.5 Å². The molecule has 0 aliphatic heterocycles. The van der Waals surface area contributed by atoms with E-state index in [4.69, 9.17) is 0 Å². The standard InChI is InChI=1S/C15H31NO/c1-5-8-10-12-15(17)16(14(4)7-3)13-11-9-6-2/h14H,5-13H2,1-4H3. The summed E-state index contributed by atoms with van der Waals surface area (Å²) in [5.41, 5.74) is 0. The molecule has 0 fully saturated rings. The highest BCUT2D eigenvalue weighted by molar-refractivity contribution is 5.76. The van der Waals surface area contributed by atoms with E-state index in [1.54, 1.807) is 0 Å². The molecule has 1 amide bonds. The Balaban J connectivity index is 4.10. The minimum Gasteiger partial charge on any atom is -0.340 e. The summed E-state index contributed by atoms with van der Waals surface area (Å²) >= 11 is 0. The molecular weight excluding hydrogens is 210 g/mol. The lowest BCUT2D eigenvalue weighted by atomic mass is 10.1. The van der Waals surface area contributed by atoms with E-state index in [-0.39, 0.29) is 0 Å². The van der Waals surface area contributed by atoms with Crippen molar-refractivity contribution in [1.82, 2.24) is 4.90 Å². The quantitative estimate of drug-likeness (QED) is 0.520. The van der Waals surface area contributed by atoms with Gasteiger partial charge in [-0.3, -0.25) is 4.79 Å². The average Bonchev–Trinajstić information content (AvgIpc) is 2.34. The van der Waals surface area contributed by atoms with Gasteiger partial charge in [-0.15, -0.1) is 0 Å². The van der Waals surface area contributed by atoms with Gasteiger partial charge < -0.3 is 4.90 Å². The van der Waals surface area contributed by atoms with E-state index in [9.17, 15) is 4.79 Å². The maximum Gasteiger partial charge on any atom is 0.222 e. The molecule has 0 heterocycles. The topological polar surface area (TPSA) is 20.3 Å². The van der Waals surface area contributed by atoms with Crippen LogP contribution in [0.15, 0.2) is 0 Å². The van der Waals surface area contributed by atoms with E-state index in [1.165, 1.54) is 25.7 Å². The van der Waals surface area contributed by atoms with Crippen molar-refractivity contribution in [3.8, 4) is 0 Å². The van der Waals surface area contributed by atoms with E-state index >= 15 is 0 Å². The fourth-order valence-corrected chi connectivity index (χ4v) is 2.01. The summed E-state index contributed by atoms with van der Waals surface area (Å²) < 4.78 is 0. The fraction of sp³-hybridized carbons (Fsp3) is 0.933. The predicted molar refractivity (Wildman–Crippen MR) is 75.1 cm³/mol. The van der Waals surface area contributed by atoms with Crippen LogP contribution in [0.5, 0.6) is 0 Å². The second kappa shape index (κ2) is 10.6. The number of nitrogens with zero attached hydrogens (tertiary/aromatic N) is 1. The van der Waals surface area contributed by atoms with Crippen LogP contribution in [-0.2, 0) is 4.79 Å². The lowest BCUT2D eigenvalue weighted by molar-refractivity contribution is -0.133. The third-order valence-electron chi connectivity index (χ3n) is 3.44. The molecule has 0 aromatic rings. The molecule has 0 radical (unpaired) electrons. The Morgan fingerprint density at radius 1 is 1.00 bits per heavy atom. The molecule has 0 aromatic carbocycles. The molecule has 102 valence electrons. The molecule has 0 rings (SSSR count). The van der Waals surface area contributed by atoms with Crippen molar-refractivity contribution in [2.75, 3.05) is 6.54 Å². The third kappa shape index (κ3) is 7.40. The lowest BCUT2D eigenvalue weighted by Crippen LogP contribution is -2.38. The molecule has 0 bridgehead atoms. The highest BCUT2D eigenvalue weighted by Crippen LogP contribution is 2.11. The van der Waals surface area contributed by atoms with E-state index in [1.807, 2.05) is 0 Å². The van der Waals surface area contributed by atoms with Crippen molar-refractivity contribution in [2.45, 2.75) is 85.1 Å². The second-order valence-corrected chi connectivity index (χ2v) is 5.01. The summed E-state index contributed by atoms with van der Waals surface area (Å²) in [6, 6.07) is 0.404. The van der Waals surface area contributed by atoms with Crippen molar-refractivity contribution in [1.29, 1.82) is 0 Å². The highest BCUT2D eigenvalue weighted by atomic mass is 16.2. The van der Waals surface area contributed by atoms with Gasteiger partial charge in [0.25, 0.3) is 0 Å². The van der Waals surface area contributed by atoms with Crippen molar-refractivity contribution in [3.63, 3.8) is 0 Å². The number of hydrogen-bond donors (Lipinski definition) is 0. The average molecular weight is 241 g/mol. The lowest BCUT2D eigenvalue weighted by Gasteiger charge is -2.29. The van der Waals surface area contributed by atoms with Crippen LogP contribution >= 0.6 is 0 Å². The van der Waals surface area contributed by atoms with Crippen LogP contribution in [0.2, 0.25) is 0 Å². The zero-order valence-electron chi connectivity index (χ0n) is 12.3. The van der Waals surface area contributed by atoms with Gasteiger partial charge in [0.1, 0.15) is 0 Å². The Morgan fingerprint density at radius 3 is 2.12 bits per heavy atom. The molecule has 0 spiro atoms. The Kier molecular flexibility index (Phi) is 10.3. The van der Waals surface area contributed by atoms with E-state index < -0.39 is 0 Å². The van der Waals surface area contributed by atoms with Crippen LogP contribution in [0, 0.1) is 0 Å². The van der Waals surface area contributed by atoms with Crippen LogP contribution in [0.1, 0.15) is 79.1 Å². The Labute approximate surface area is 108 Å². The first-order chi connectivity index (χ1) is 8.17. The van der Waals surface area contributed by atoms with Gasteiger partial charge in [-0.05, 0) is 26.2 Å². The molecule has 1 atom stereocenters. The van der Waals surface area contributed by atoms with Crippen molar-refractivity contribution >= 4 is 5.91 Å². The molecule has 2 nitrogen and oxygen atoms in total. The van der Waals surface area contributed by atoms with Gasteiger partial charge in [-0.25, -0.2) is 0 Å². The smallest absolute Gasteiger partial charge is 0.222 e. The largest absolute Gasteiger partial charge is 0.340 e. The SMILES string of the molecule is CCCCCC(=O)N(CCCCC)C(C)CC. The van der Waals surface area contributed by atoms with Crippen LogP contribution in [0.3, 0.4) is 0 Å². The number of unbranched alkanes of at least 4 members (excludes halogenated alkanes) is 4. The maximum atomic E-state index is 12.1. The second-order valence-electron chi connectivity index (χ2n) is 5.01. The Morgan fingerprint density at radius 2 is 1.59 bits per heavy atom. The molecule has 0 saturated carbocycles. The van der Waals surface area contributed by atoms with Crippen LogP contribution < -0.4 is 0 Å². The third-order valence-corrected chi connectivity index (χ3v) is 3.44. The van der Waals surface area contributed by atoms with E-state index in [0.29, 0.717) is 11.9 Å². The predicted octanol–water partition coefficient (Wildman–Crippen LogP) is 4.38. The number of carbonyl (C=O) groups excluding carboxylic acids is 1. The Bertz CT molecular complexity index is 191. The first-order valence-electron chi connectivity index (χ1n) is 7.46. The molecule has 2 heteroatoms. The first kappa shape index (κ1) is 16.5. The highest BCUT2D eigenvalue weighted by Gasteiger charge is 2.17. The van der Waals surface area contributed by atoms with Gasteiger partial charge in [-0.2, -0.15) is 0 Å². The molecule has 0 N–H and O–H groups in total. The molecule has 0 aliphatic carbocycles. The zero-order chi connectivity index (χ0) is 13.1. The van der Waals surface area contributed by atoms with Gasteiger partial charge in [0.05, 0.1) is 0 Å². The zero-order valence-corrected chi connectivity index (χ0v) is 12.3. The molecular formula is C15H31NO. The summed E-state index contributed by atoms with van der Waals surface area (Å²) in [4.78, 5) is 14.2. The summed E-state index contributed by atoms with van der Waals surface area (Å²) in [6.07, 6.45) is 8.82. The van der Waals surface area contributed by atoms with E-state index in [2.05, 4.69) is 32.6 Å². The minimum atomic E-state index is 0.365. The summed E-state index contributed by atoms with van der Waals surface area (Å²) in [7, 11) is 0. The summed E-state index contributed by atoms with van der Waals surface area (Å²) in [5.74, 6) is 0.365. The normalized spacial score (nSPS) is 12.5. The fourth-order valence-electron chi connectivity index (χ4n) is 2.01. The van der Waals surface area contributed by atoms with Gasteiger partial charge in [0.2, 0.25) is 5.91 Å². The van der Waals surface area contributed by atoms with Crippen molar-refractivity contribution in [2.24, 2.45) is 0 Å². The first-order valence-corrected chi connectivity index (χ1v) is 7.46. The van der Waals surface area contributed by atoms with Crippen LogP contribution in [0.4, 0.5) is 0 Å². The molecule has 1 unspecified atom stereocenters. The van der Waals surface area contributed by atoms with Crippen molar-refractivity contribution < 1.29 is 4.79 Å². The number of hydrogen-bond acceptors (Lipinski definition) is 1. The van der Waals surface area contributed by atoms with Gasteiger partial charge in [0.15, 0.2) is 0 Å². The Hall–Kier alpha value is -0.530. The maximum absolute atomic E-state index is 12.1. The van der Waals surface area contributed by atoms with Crippen molar-refractivity contribution in [3.05, 3.63) is 0 Å². The van der Waals surface area contributed by atoms with E-state index in [0.717, 1.165) is 32.2 Å². The molecule has 0 aliphatic rings. The number of amides is 1. The van der Waals surface area contributed by atoms with Gasteiger partial charge >= 0.3 is 0 Å². The van der Waals surface area contributed by atoms with Crippen LogP contribution in [0.25, 0.3) is 0 Å². The van der Waals surface area contributed by atoms with Crippen LogP contribution in [-0.4, -0.2) is 23.4 Å². The summed E-state index contributed by atoms with van der Waals surface area (Å²) in [5, 5.41) is 0. The summed E-state index contributed by atoms with van der Waals surface area (Å²) in [6.45, 7) is 9.67. The molecule has 0 saturated heterocycles. The number of rotatable bonds is 10. The molecule has 17 heavy (non-hydrogen) atoms. The minimum absolute atomic E-state index is 0.365. The number of carbonyl (C=O) groups is 1.